The molecular formula is C15H27N3O4. The van der Waals surface area contributed by atoms with E-state index in [1.165, 1.54) is 6.42 Å². The maximum atomic E-state index is 11.8. The van der Waals surface area contributed by atoms with E-state index in [0.717, 1.165) is 25.7 Å². The van der Waals surface area contributed by atoms with Gasteiger partial charge in [-0.2, -0.15) is 0 Å². The lowest BCUT2D eigenvalue weighted by atomic mass is 9.96. The molecule has 0 aromatic rings. The van der Waals surface area contributed by atoms with Gasteiger partial charge in [-0.05, 0) is 18.8 Å². The summed E-state index contributed by atoms with van der Waals surface area (Å²) in [5, 5.41) is 16.9. The standard InChI is InChI=1S/C15H27N3O4/c1-3-10(2)13(14(20)21)18-12(19)9-16-15(22)17-11-7-5-4-6-8-11/h10-11,13H,3-9H2,1-2H3,(H,18,19)(H,20,21)(H2,16,17,22). The van der Waals surface area contributed by atoms with Gasteiger partial charge in [-0.25, -0.2) is 9.59 Å². The molecule has 0 heterocycles. The molecule has 0 saturated heterocycles. The maximum absolute atomic E-state index is 11.8. The average molecular weight is 313 g/mol. The van der Waals surface area contributed by atoms with Crippen LogP contribution in [0.5, 0.6) is 0 Å². The topological polar surface area (TPSA) is 108 Å². The zero-order chi connectivity index (χ0) is 16.5. The summed E-state index contributed by atoms with van der Waals surface area (Å²) in [4.78, 5) is 34.6. The summed E-state index contributed by atoms with van der Waals surface area (Å²) in [5.41, 5.74) is 0. The van der Waals surface area contributed by atoms with Gasteiger partial charge in [0, 0.05) is 6.04 Å². The van der Waals surface area contributed by atoms with Gasteiger partial charge in [-0.3, -0.25) is 4.79 Å². The van der Waals surface area contributed by atoms with Gasteiger partial charge < -0.3 is 21.1 Å². The van der Waals surface area contributed by atoms with E-state index in [1.54, 1.807) is 6.92 Å². The molecule has 0 aliphatic heterocycles. The lowest BCUT2D eigenvalue weighted by molar-refractivity contribution is -0.143. The number of rotatable bonds is 7. The second-order valence-corrected chi connectivity index (χ2v) is 5.93. The van der Waals surface area contributed by atoms with Crippen LogP contribution in [-0.4, -0.2) is 41.6 Å². The summed E-state index contributed by atoms with van der Waals surface area (Å²) in [5.74, 6) is -1.72. The van der Waals surface area contributed by atoms with Crippen LogP contribution in [-0.2, 0) is 9.59 Å². The predicted octanol–water partition coefficient (Wildman–Crippen LogP) is 1.23. The first-order chi connectivity index (χ1) is 10.4. The van der Waals surface area contributed by atoms with Crippen molar-refractivity contribution in [2.75, 3.05) is 6.54 Å². The monoisotopic (exact) mass is 313 g/mol. The minimum atomic E-state index is -1.06. The Morgan fingerprint density at radius 3 is 2.36 bits per heavy atom. The molecule has 126 valence electrons. The molecule has 0 aromatic carbocycles. The van der Waals surface area contributed by atoms with Crippen molar-refractivity contribution in [3.8, 4) is 0 Å². The highest BCUT2D eigenvalue weighted by Gasteiger charge is 2.25. The van der Waals surface area contributed by atoms with Crippen molar-refractivity contribution in [1.82, 2.24) is 16.0 Å². The molecule has 7 heteroatoms. The van der Waals surface area contributed by atoms with Crippen LogP contribution in [0.4, 0.5) is 4.79 Å². The van der Waals surface area contributed by atoms with Crippen molar-refractivity contribution in [3.05, 3.63) is 0 Å². The number of amides is 3. The van der Waals surface area contributed by atoms with Gasteiger partial charge in [0.2, 0.25) is 5.91 Å². The second kappa shape index (κ2) is 9.27. The molecule has 1 rings (SSSR count). The largest absolute Gasteiger partial charge is 0.480 e. The van der Waals surface area contributed by atoms with Gasteiger partial charge in [0.05, 0.1) is 6.54 Å². The van der Waals surface area contributed by atoms with Gasteiger partial charge in [0.25, 0.3) is 0 Å². The average Bonchev–Trinajstić information content (AvgIpc) is 2.50. The predicted molar refractivity (Wildman–Crippen MR) is 82.4 cm³/mol. The number of carbonyl (C=O) groups excluding carboxylic acids is 2. The normalized spacial score (nSPS) is 18.1. The van der Waals surface area contributed by atoms with E-state index < -0.39 is 17.9 Å². The molecule has 0 aromatic heterocycles. The van der Waals surface area contributed by atoms with Crippen LogP contribution in [0.3, 0.4) is 0 Å². The zero-order valence-electron chi connectivity index (χ0n) is 13.4. The SMILES string of the molecule is CCC(C)C(NC(=O)CNC(=O)NC1CCCCC1)C(=O)O. The lowest BCUT2D eigenvalue weighted by Gasteiger charge is -2.23. The molecule has 1 saturated carbocycles. The van der Waals surface area contributed by atoms with Gasteiger partial charge in [0.15, 0.2) is 0 Å². The summed E-state index contributed by atoms with van der Waals surface area (Å²) < 4.78 is 0. The molecule has 0 bridgehead atoms. The van der Waals surface area contributed by atoms with E-state index in [0.29, 0.717) is 6.42 Å². The van der Waals surface area contributed by atoms with Gasteiger partial charge >= 0.3 is 12.0 Å². The third-order valence-electron chi connectivity index (χ3n) is 4.15. The molecule has 1 fully saturated rings. The molecule has 2 unspecified atom stereocenters. The van der Waals surface area contributed by atoms with Crippen LogP contribution in [0, 0.1) is 5.92 Å². The first kappa shape index (κ1) is 18.3. The molecule has 3 amide bonds. The highest BCUT2D eigenvalue weighted by molar-refractivity contribution is 5.87. The summed E-state index contributed by atoms with van der Waals surface area (Å²) >= 11 is 0. The van der Waals surface area contributed by atoms with E-state index in [1.807, 2.05) is 6.92 Å². The number of nitrogens with one attached hydrogen (secondary N) is 3. The Labute approximate surface area is 131 Å². The first-order valence-corrected chi connectivity index (χ1v) is 8.00. The molecule has 4 N–H and O–H groups in total. The van der Waals surface area contributed by atoms with E-state index in [9.17, 15) is 14.4 Å². The zero-order valence-corrected chi connectivity index (χ0v) is 13.4. The quantitative estimate of drug-likeness (QED) is 0.567. The van der Waals surface area contributed by atoms with E-state index in [4.69, 9.17) is 5.11 Å². The van der Waals surface area contributed by atoms with Crippen LogP contribution < -0.4 is 16.0 Å². The van der Waals surface area contributed by atoms with Crippen LogP contribution in [0.25, 0.3) is 0 Å². The number of carbonyl (C=O) groups is 3. The van der Waals surface area contributed by atoms with Crippen molar-refractivity contribution < 1.29 is 19.5 Å². The third kappa shape index (κ3) is 6.32. The Bertz CT molecular complexity index is 394. The van der Waals surface area contributed by atoms with Crippen LogP contribution in [0.1, 0.15) is 52.4 Å². The molecule has 2 atom stereocenters. The first-order valence-electron chi connectivity index (χ1n) is 8.00. The van der Waals surface area contributed by atoms with E-state index >= 15 is 0 Å². The van der Waals surface area contributed by atoms with Crippen molar-refractivity contribution in [3.63, 3.8) is 0 Å². The molecular weight excluding hydrogens is 286 g/mol. The fraction of sp³-hybridized carbons (Fsp3) is 0.800. The van der Waals surface area contributed by atoms with E-state index in [-0.39, 0.29) is 24.5 Å². The molecule has 1 aliphatic rings. The van der Waals surface area contributed by atoms with Gasteiger partial charge in [-0.15, -0.1) is 0 Å². The molecule has 22 heavy (non-hydrogen) atoms. The summed E-state index contributed by atoms with van der Waals surface area (Å²) in [6, 6.07) is -1.14. The second-order valence-electron chi connectivity index (χ2n) is 5.93. The lowest BCUT2D eigenvalue weighted by Crippen LogP contribution is -2.50. The number of carboxylic acid groups (broad SMARTS) is 1. The van der Waals surface area contributed by atoms with Gasteiger partial charge in [-0.1, -0.05) is 39.5 Å². The van der Waals surface area contributed by atoms with E-state index in [2.05, 4.69) is 16.0 Å². The fourth-order valence-electron chi connectivity index (χ4n) is 2.55. The summed E-state index contributed by atoms with van der Waals surface area (Å²) in [6.45, 7) is 3.41. The molecule has 7 nitrogen and oxygen atoms in total. The Morgan fingerprint density at radius 2 is 1.82 bits per heavy atom. The number of hydrogen-bond donors (Lipinski definition) is 4. The Kier molecular flexibility index (Phi) is 7.70. The molecule has 0 radical (unpaired) electrons. The van der Waals surface area contributed by atoms with Crippen molar-refractivity contribution >= 4 is 17.9 Å². The Hall–Kier alpha value is -1.79. The number of urea groups is 1. The highest BCUT2D eigenvalue weighted by Crippen LogP contribution is 2.17. The Balaban J connectivity index is 2.31. The summed E-state index contributed by atoms with van der Waals surface area (Å²) in [6.07, 6.45) is 6.01. The van der Waals surface area contributed by atoms with Crippen molar-refractivity contribution in [2.45, 2.75) is 64.5 Å². The number of hydrogen-bond acceptors (Lipinski definition) is 3. The maximum Gasteiger partial charge on any atom is 0.326 e. The number of carboxylic acids is 1. The van der Waals surface area contributed by atoms with Crippen LogP contribution in [0.2, 0.25) is 0 Å². The smallest absolute Gasteiger partial charge is 0.326 e. The Morgan fingerprint density at radius 1 is 1.18 bits per heavy atom. The fourth-order valence-corrected chi connectivity index (χ4v) is 2.55. The summed E-state index contributed by atoms with van der Waals surface area (Å²) in [7, 11) is 0. The minimum Gasteiger partial charge on any atom is -0.480 e. The third-order valence-corrected chi connectivity index (χ3v) is 4.15. The molecule has 1 aliphatic carbocycles. The van der Waals surface area contributed by atoms with Gasteiger partial charge in [0.1, 0.15) is 6.04 Å². The van der Waals surface area contributed by atoms with Crippen LogP contribution >= 0.6 is 0 Å². The van der Waals surface area contributed by atoms with Crippen molar-refractivity contribution in [1.29, 1.82) is 0 Å². The highest BCUT2D eigenvalue weighted by atomic mass is 16.4. The van der Waals surface area contributed by atoms with Crippen molar-refractivity contribution in [2.24, 2.45) is 5.92 Å². The van der Waals surface area contributed by atoms with Crippen LogP contribution in [0.15, 0.2) is 0 Å². The number of aliphatic carboxylic acids is 1. The molecule has 0 spiro atoms. The minimum absolute atomic E-state index is 0.169.